The summed E-state index contributed by atoms with van der Waals surface area (Å²) >= 11 is 0. The van der Waals surface area contributed by atoms with Gasteiger partial charge < -0.3 is 40.3 Å². The largest absolute Gasteiger partial charge is 0.394 e. The van der Waals surface area contributed by atoms with Crippen LogP contribution in [0.1, 0.15) is 149 Å². The van der Waals surface area contributed by atoms with Gasteiger partial charge in [0.2, 0.25) is 5.91 Å². The van der Waals surface area contributed by atoms with Crippen molar-refractivity contribution in [3.05, 3.63) is 134 Å². The Bertz CT molecular complexity index is 1450. The normalized spacial score (nSPS) is 21.3. The van der Waals surface area contributed by atoms with E-state index in [2.05, 4.69) is 141 Å². The monoisotopic (exact) mass is 890 g/mol. The topological polar surface area (TPSA) is 149 Å². The van der Waals surface area contributed by atoms with E-state index < -0.39 is 49.5 Å². The molecule has 0 bridgehead atoms. The highest BCUT2D eigenvalue weighted by Crippen LogP contribution is 2.22. The van der Waals surface area contributed by atoms with Gasteiger partial charge in [0, 0.05) is 6.42 Å². The average molecular weight is 890 g/mol. The van der Waals surface area contributed by atoms with E-state index in [0.29, 0.717) is 6.42 Å². The van der Waals surface area contributed by atoms with Gasteiger partial charge in [-0.15, -0.1) is 0 Å². The number of hydrogen-bond acceptors (Lipinski definition) is 8. The Morgan fingerprint density at radius 2 is 0.984 bits per heavy atom. The van der Waals surface area contributed by atoms with E-state index in [4.69, 9.17) is 9.47 Å². The second-order valence-electron chi connectivity index (χ2n) is 16.2. The van der Waals surface area contributed by atoms with Crippen LogP contribution in [0.15, 0.2) is 134 Å². The van der Waals surface area contributed by atoms with Crippen LogP contribution in [0.25, 0.3) is 0 Å². The standard InChI is InChI=1S/C55H87NO8/c1-3-5-7-9-11-13-15-16-17-18-19-20-21-22-23-24-25-26-27-28-29-30-31-32-33-34-35-37-39-41-43-45-51(59)56-48(47-63-55-54(62)53(61)52(60)50(46-57)64-55)49(58)44-42-40-38-36-14-12-10-8-6-4-2/h5,7,11,13-14,16-17,19-20,22-23,25-26,28-29,31-32,34-36,42,44,48-50,52-55,57-58,60-62H,3-4,6,8-10,12,15,18,21,24,27,30,33,37-41,43,45-47H2,1-2H3,(H,56,59)/b7-5-,13-11-,17-16-,20-19-,23-22-,26-25-,29-28-,32-31-,35-34-,36-14+,44-42+. The molecule has 1 fully saturated rings. The Labute approximate surface area is 388 Å². The Morgan fingerprint density at radius 1 is 0.547 bits per heavy atom. The van der Waals surface area contributed by atoms with Crippen molar-refractivity contribution in [2.45, 2.75) is 192 Å². The van der Waals surface area contributed by atoms with Crippen molar-refractivity contribution in [1.29, 1.82) is 0 Å². The van der Waals surface area contributed by atoms with Crippen molar-refractivity contribution in [3.63, 3.8) is 0 Å². The molecular weight excluding hydrogens is 803 g/mol. The molecule has 1 amide bonds. The molecule has 1 heterocycles. The number of rotatable bonds is 38. The van der Waals surface area contributed by atoms with Gasteiger partial charge in [-0.1, -0.05) is 173 Å². The molecule has 1 aliphatic rings. The summed E-state index contributed by atoms with van der Waals surface area (Å²) in [6.07, 6.45) is 59.4. The number of aliphatic hydroxyl groups is 5. The maximum Gasteiger partial charge on any atom is 0.220 e. The van der Waals surface area contributed by atoms with E-state index in [1.165, 1.54) is 25.7 Å². The minimum absolute atomic E-state index is 0.225. The van der Waals surface area contributed by atoms with E-state index in [9.17, 15) is 30.3 Å². The summed E-state index contributed by atoms with van der Waals surface area (Å²) in [6.45, 7) is 3.55. The summed E-state index contributed by atoms with van der Waals surface area (Å²) in [5, 5.41) is 54.0. The fourth-order valence-corrected chi connectivity index (χ4v) is 6.57. The Balaban J connectivity index is 2.29. The van der Waals surface area contributed by atoms with Crippen molar-refractivity contribution in [2.75, 3.05) is 13.2 Å². The Kier molecular flexibility index (Phi) is 39.4. The minimum atomic E-state index is -1.59. The number of ether oxygens (including phenoxy) is 2. The van der Waals surface area contributed by atoms with E-state index in [1.807, 2.05) is 6.08 Å². The summed E-state index contributed by atoms with van der Waals surface area (Å²) in [4.78, 5) is 12.9. The molecule has 9 heteroatoms. The zero-order valence-electron chi connectivity index (χ0n) is 39.5. The average Bonchev–Trinajstić information content (AvgIpc) is 3.29. The van der Waals surface area contributed by atoms with Crippen LogP contribution in [-0.2, 0) is 14.3 Å². The Morgan fingerprint density at radius 3 is 1.47 bits per heavy atom. The fraction of sp³-hybridized carbons (Fsp3) is 0.582. The third-order valence-corrected chi connectivity index (χ3v) is 10.5. The molecule has 0 radical (unpaired) electrons. The van der Waals surface area contributed by atoms with Gasteiger partial charge in [-0.25, -0.2) is 0 Å². The maximum atomic E-state index is 12.9. The molecular formula is C55H87NO8. The number of nitrogens with one attached hydrogen (secondary N) is 1. The van der Waals surface area contributed by atoms with Gasteiger partial charge in [-0.2, -0.15) is 0 Å². The predicted octanol–water partition coefficient (Wildman–Crippen LogP) is 11.0. The first-order valence-corrected chi connectivity index (χ1v) is 24.4. The van der Waals surface area contributed by atoms with Crippen molar-refractivity contribution < 1.29 is 39.8 Å². The van der Waals surface area contributed by atoms with Crippen molar-refractivity contribution in [1.82, 2.24) is 5.32 Å². The quantitative estimate of drug-likeness (QED) is 0.0265. The van der Waals surface area contributed by atoms with Crippen molar-refractivity contribution >= 4 is 5.91 Å². The van der Waals surface area contributed by atoms with E-state index in [1.54, 1.807) is 6.08 Å². The summed E-state index contributed by atoms with van der Waals surface area (Å²) in [5.74, 6) is -0.229. The zero-order chi connectivity index (χ0) is 46.6. The minimum Gasteiger partial charge on any atom is -0.394 e. The number of amides is 1. The molecule has 0 aromatic carbocycles. The molecule has 64 heavy (non-hydrogen) atoms. The zero-order valence-corrected chi connectivity index (χ0v) is 39.5. The molecule has 0 aromatic heterocycles. The molecule has 0 aliphatic carbocycles. The lowest BCUT2D eigenvalue weighted by Crippen LogP contribution is -2.60. The number of carbonyl (C=O) groups excluding carboxylic acids is 1. The van der Waals surface area contributed by atoms with Gasteiger partial charge >= 0.3 is 0 Å². The van der Waals surface area contributed by atoms with Gasteiger partial charge in [0.1, 0.15) is 24.4 Å². The number of aliphatic hydroxyl groups excluding tert-OH is 5. The maximum absolute atomic E-state index is 12.9. The van der Waals surface area contributed by atoms with Crippen LogP contribution in [0, 0.1) is 0 Å². The molecule has 1 rings (SSSR count). The number of carbonyl (C=O) groups is 1. The highest BCUT2D eigenvalue weighted by Gasteiger charge is 2.44. The Hall–Kier alpha value is -3.67. The fourth-order valence-electron chi connectivity index (χ4n) is 6.57. The van der Waals surface area contributed by atoms with Crippen molar-refractivity contribution in [2.24, 2.45) is 0 Å². The highest BCUT2D eigenvalue weighted by atomic mass is 16.7. The molecule has 9 nitrogen and oxygen atoms in total. The van der Waals surface area contributed by atoms with E-state index >= 15 is 0 Å². The summed E-state index contributed by atoms with van der Waals surface area (Å²) in [6, 6.07) is -0.848. The van der Waals surface area contributed by atoms with E-state index in [0.717, 1.165) is 96.3 Å². The van der Waals surface area contributed by atoms with Gasteiger partial charge in [0.05, 0.1) is 25.4 Å². The first-order chi connectivity index (χ1) is 31.3. The van der Waals surface area contributed by atoms with Crippen LogP contribution in [0.2, 0.25) is 0 Å². The van der Waals surface area contributed by atoms with Crippen LogP contribution in [0.4, 0.5) is 0 Å². The van der Waals surface area contributed by atoms with Gasteiger partial charge in [-0.05, 0) is 103 Å². The summed E-state index contributed by atoms with van der Waals surface area (Å²) in [5.41, 5.74) is 0. The number of allylic oxidation sites excluding steroid dienone is 21. The van der Waals surface area contributed by atoms with Crippen LogP contribution < -0.4 is 5.32 Å². The van der Waals surface area contributed by atoms with Gasteiger partial charge in [-0.3, -0.25) is 4.79 Å². The molecule has 0 spiro atoms. The van der Waals surface area contributed by atoms with Crippen LogP contribution >= 0.6 is 0 Å². The molecule has 6 N–H and O–H groups in total. The van der Waals surface area contributed by atoms with Crippen LogP contribution in [0.3, 0.4) is 0 Å². The van der Waals surface area contributed by atoms with Crippen LogP contribution in [-0.4, -0.2) is 87.5 Å². The molecule has 1 saturated heterocycles. The number of unbranched alkanes of at least 4 members (excludes halogenated alkanes) is 8. The molecule has 1 aliphatic heterocycles. The lowest BCUT2D eigenvalue weighted by Gasteiger charge is -2.40. The van der Waals surface area contributed by atoms with Crippen LogP contribution in [0.5, 0.6) is 0 Å². The molecule has 7 atom stereocenters. The predicted molar refractivity (Wildman–Crippen MR) is 267 cm³/mol. The third kappa shape index (κ3) is 32.9. The molecule has 0 aromatic rings. The highest BCUT2D eigenvalue weighted by molar-refractivity contribution is 5.76. The smallest absolute Gasteiger partial charge is 0.220 e. The first-order valence-electron chi connectivity index (χ1n) is 24.4. The third-order valence-electron chi connectivity index (χ3n) is 10.5. The van der Waals surface area contributed by atoms with Crippen molar-refractivity contribution in [3.8, 4) is 0 Å². The molecule has 7 unspecified atom stereocenters. The molecule has 0 saturated carbocycles. The lowest BCUT2D eigenvalue weighted by atomic mass is 9.99. The summed E-state index contributed by atoms with van der Waals surface area (Å²) < 4.78 is 11.2. The lowest BCUT2D eigenvalue weighted by molar-refractivity contribution is -0.302. The molecule has 360 valence electrons. The van der Waals surface area contributed by atoms with Gasteiger partial charge in [0.15, 0.2) is 6.29 Å². The number of hydrogen-bond donors (Lipinski definition) is 6. The second kappa shape index (κ2) is 43.2. The summed E-state index contributed by atoms with van der Waals surface area (Å²) in [7, 11) is 0. The second-order valence-corrected chi connectivity index (χ2v) is 16.2. The van der Waals surface area contributed by atoms with Gasteiger partial charge in [0.25, 0.3) is 0 Å². The SMILES string of the molecule is CC/C=C\C/C=C\C/C=C\C/C=C\C/C=C\C/C=C\C/C=C\C/C=C\C/C=C\CCCCCC(=O)NC(COC1OC(CO)C(O)C(O)C1O)C(O)/C=C/CC/C=C/CCCCCC. The first kappa shape index (κ1) is 58.3. The van der Waals surface area contributed by atoms with E-state index in [-0.39, 0.29) is 18.9 Å².